The van der Waals surface area contributed by atoms with Crippen LogP contribution in [-0.2, 0) is 24.3 Å². The summed E-state index contributed by atoms with van der Waals surface area (Å²) in [4.78, 5) is 13.0. The zero-order valence-electron chi connectivity index (χ0n) is 19.1. The zero-order valence-corrected chi connectivity index (χ0v) is 19.9. The van der Waals surface area contributed by atoms with Crippen molar-refractivity contribution in [3.63, 3.8) is 0 Å². The first kappa shape index (κ1) is 28.0. The molecule has 0 bridgehead atoms. The molecule has 2 saturated heterocycles. The summed E-state index contributed by atoms with van der Waals surface area (Å²) in [5, 5.41) is 0. The first-order valence-electron chi connectivity index (χ1n) is 10.9. The molecule has 0 atom stereocenters. The molecule has 0 radical (unpaired) electrons. The maximum atomic E-state index is 13.5. The monoisotopic (exact) mass is 505 g/mol. The molecule has 2 fully saturated rings. The van der Waals surface area contributed by atoms with Gasteiger partial charge < -0.3 is 9.47 Å². The number of carbonyl (C=O) groups is 1. The van der Waals surface area contributed by atoms with E-state index in [0.717, 1.165) is 6.08 Å². The highest BCUT2D eigenvalue weighted by Crippen LogP contribution is 2.39. The summed E-state index contributed by atoms with van der Waals surface area (Å²) in [6.07, 6.45) is -3.87. The smallest absolute Gasteiger partial charge is 0.453 e. The van der Waals surface area contributed by atoms with Gasteiger partial charge in [-0.05, 0) is 46.0 Å². The molecule has 0 aromatic rings. The second kappa shape index (κ2) is 10.2. The Morgan fingerprint density at radius 2 is 1.61 bits per heavy atom. The third kappa shape index (κ3) is 6.66. The quantitative estimate of drug-likeness (QED) is 0.290. The first-order chi connectivity index (χ1) is 15.0. The molecular weight excluding hydrogens is 473 g/mol. The standard InChI is InChI=1S/C21H32F5NO5S/c1-18(2,3)32-17(28)19(10-14-31-15-11-19)33(29,30)27-12-7-16(8-13-27)6-4-5-9-20(22,23)21(24,25)26/h4-5,16H,6-15H2,1-3H3. The van der Waals surface area contributed by atoms with Gasteiger partial charge in [0, 0.05) is 45.6 Å². The van der Waals surface area contributed by atoms with Gasteiger partial charge >= 0.3 is 18.1 Å². The summed E-state index contributed by atoms with van der Waals surface area (Å²) in [6.45, 7) is 5.47. The molecule has 0 saturated carbocycles. The van der Waals surface area contributed by atoms with Crippen LogP contribution in [0.3, 0.4) is 0 Å². The molecule has 33 heavy (non-hydrogen) atoms. The lowest BCUT2D eigenvalue weighted by Gasteiger charge is -2.41. The van der Waals surface area contributed by atoms with E-state index in [-0.39, 0.29) is 51.5 Å². The molecule has 2 rings (SSSR count). The lowest BCUT2D eigenvalue weighted by Crippen LogP contribution is -2.59. The highest BCUT2D eigenvalue weighted by atomic mass is 32.2. The summed E-state index contributed by atoms with van der Waals surface area (Å²) < 4.78 is 99.9. The van der Waals surface area contributed by atoms with Crippen molar-refractivity contribution in [2.24, 2.45) is 5.92 Å². The number of hydrogen-bond acceptors (Lipinski definition) is 5. The number of halogens is 5. The lowest BCUT2D eigenvalue weighted by atomic mass is 9.94. The van der Waals surface area contributed by atoms with E-state index in [9.17, 15) is 35.2 Å². The second-order valence-electron chi connectivity index (χ2n) is 9.57. The van der Waals surface area contributed by atoms with Gasteiger partial charge in [0.25, 0.3) is 0 Å². The van der Waals surface area contributed by atoms with Crippen molar-refractivity contribution in [3.8, 4) is 0 Å². The molecule has 0 unspecified atom stereocenters. The number of piperidine rings is 1. The number of ether oxygens (including phenoxy) is 2. The van der Waals surface area contributed by atoms with Gasteiger partial charge in [-0.2, -0.15) is 22.0 Å². The molecule has 0 aromatic heterocycles. The fourth-order valence-electron chi connectivity index (χ4n) is 3.91. The van der Waals surface area contributed by atoms with Crippen LogP contribution in [0.5, 0.6) is 0 Å². The predicted molar refractivity (Wildman–Crippen MR) is 111 cm³/mol. The summed E-state index contributed by atoms with van der Waals surface area (Å²) >= 11 is 0. The first-order valence-corrected chi connectivity index (χ1v) is 12.4. The van der Waals surface area contributed by atoms with E-state index in [0.29, 0.717) is 12.8 Å². The largest absolute Gasteiger partial charge is 0.459 e. The van der Waals surface area contributed by atoms with Crippen molar-refractivity contribution in [2.75, 3.05) is 26.3 Å². The Labute approximate surface area is 191 Å². The summed E-state index contributed by atoms with van der Waals surface area (Å²) in [5.41, 5.74) is -0.861. The number of allylic oxidation sites excluding steroid dienone is 2. The van der Waals surface area contributed by atoms with Gasteiger partial charge in [-0.3, -0.25) is 4.79 Å². The highest BCUT2D eigenvalue weighted by molar-refractivity contribution is 7.91. The topological polar surface area (TPSA) is 72.9 Å². The van der Waals surface area contributed by atoms with E-state index in [1.807, 2.05) is 0 Å². The number of carbonyl (C=O) groups excluding carboxylic acids is 1. The molecule has 12 heteroatoms. The number of sulfonamides is 1. The van der Waals surface area contributed by atoms with Crippen molar-refractivity contribution in [3.05, 3.63) is 12.2 Å². The Bertz CT molecular complexity index is 806. The van der Waals surface area contributed by atoms with Crippen molar-refractivity contribution in [2.45, 2.75) is 81.7 Å². The molecular formula is C21H32F5NO5S. The Kier molecular flexibility index (Phi) is 8.60. The van der Waals surface area contributed by atoms with Crippen LogP contribution in [0.25, 0.3) is 0 Å². The highest BCUT2D eigenvalue weighted by Gasteiger charge is 2.57. The summed E-state index contributed by atoms with van der Waals surface area (Å²) in [6, 6.07) is 0. The molecule has 0 aromatic carbocycles. The van der Waals surface area contributed by atoms with Crippen LogP contribution in [0.4, 0.5) is 22.0 Å². The van der Waals surface area contributed by atoms with Gasteiger partial charge in [0.05, 0.1) is 0 Å². The summed E-state index contributed by atoms with van der Waals surface area (Å²) in [7, 11) is -4.07. The van der Waals surface area contributed by atoms with E-state index in [2.05, 4.69) is 0 Å². The van der Waals surface area contributed by atoms with Crippen molar-refractivity contribution in [1.82, 2.24) is 4.31 Å². The molecule has 192 valence electrons. The number of rotatable bonds is 7. The SMILES string of the molecule is CC(C)(C)OC(=O)C1(S(=O)(=O)N2CCC(CC=CCC(F)(F)C(F)(F)F)CC2)CCOCC1. The maximum Gasteiger partial charge on any atom is 0.453 e. The molecule has 6 nitrogen and oxygen atoms in total. The minimum absolute atomic E-state index is 0.0136. The lowest BCUT2D eigenvalue weighted by molar-refractivity contribution is -0.280. The van der Waals surface area contributed by atoms with Crippen molar-refractivity contribution in [1.29, 1.82) is 0 Å². The molecule has 2 aliphatic rings. The van der Waals surface area contributed by atoms with Gasteiger partial charge in [0.2, 0.25) is 10.0 Å². The summed E-state index contributed by atoms with van der Waals surface area (Å²) in [5.74, 6) is -5.63. The predicted octanol–water partition coefficient (Wildman–Crippen LogP) is 4.45. The van der Waals surface area contributed by atoms with E-state index in [1.165, 1.54) is 10.4 Å². The van der Waals surface area contributed by atoms with Crippen LogP contribution in [0.1, 0.15) is 59.3 Å². The fourth-order valence-corrected chi connectivity index (χ4v) is 6.03. The number of hydrogen-bond donors (Lipinski definition) is 0. The molecule has 0 spiro atoms. The van der Waals surface area contributed by atoms with E-state index >= 15 is 0 Å². The normalized spacial score (nSPS) is 21.9. The molecule has 2 aliphatic heterocycles. The van der Waals surface area contributed by atoms with Crippen LogP contribution >= 0.6 is 0 Å². The van der Waals surface area contributed by atoms with Gasteiger partial charge in [-0.1, -0.05) is 12.2 Å². The van der Waals surface area contributed by atoms with Gasteiger partial charge in [-0.15, -0.1) is 0 Å². The Morgan fingerprint density at radius 1 is 1.06 bits per heavy atom. The molecule has 0 N–H and O–H groups in total. The van der Waals surface area contributed by atoms with Crippen LogP contribution in [-0.4, -0.2) is 67.4 Å². The minimum Gasteiger partial charge on any atom is -0.459 e. The van der Waals surface area contributed by atoms with Crippen LogP contribution in [0.15, 0.2) is 12.2 Å². The molecule has 0 aliphatic carbocycles. The Balaban J connectivity index is 2.01. The Morgan fingerprint density at radius 3 is 2.09 bits per heavy atom. The van der Waals surface area contributed by atoms with Gasteiger partial charge in [0.15, 0.2) is 4.75 Å². The zero-order chi connectivity index (χ0) is 25.1. The fraction of sp³-hybridized carbons (Fsp3) is 0.857. The van der Waals surface area contributed by atoms with Crippen LogP contribution in [0.2, 0.25) is 0 Å². The van der Waals surface area contributed by atoms with E-state index in [4.69, 9.17) is 9.47 Å². The minimum atomic E-state index is -5.59. The van der Waals surface area contributed by atoms with E-state index in [1.54, 1.807) is 20.8 Å². The Hall–Kier alpha value is -1.27. The number of alkyl halides is 5. The van der Waals surface area contributed by atoms with Crippen LogP contribution in [0, 0.1) is 5.92 Å². The van der Waals surface area contributed by atoms with E-state index < -0.39 is 44.9 Å². The van der Waals surface area contributed by atoms with Gasteiger partial charge in [-0.25, -0.2) is 12.7 Å². The second-order valence-corrected chi connectivity index (χ2v) is 11.8. The number of esters is 1. The maximum absolute atomic E-state index is 13.5. The number of nitrogens with zero attached hydrogens (tertiary/aromatic N) is 1. The molecule has 0 amide bonds. The average molecular weight is 506 g/mol. The third-order valence-corrected chi connectivity index (χ3v) is 8.51. The van der Waals surface area contributed by atoms with Crippen molar-refractivity contribution < 1.29 is 44.6 Å². The third-order valence-electron chi connectivity index (χ3n) is 5.90. The van der Waals surface area contributed by atoms with Crippen molar-refractivity contribution >= 4 is 16.0 Å². The van der Waals surface area contributed by atoms with Gasteiger partial charge in [0.1, 0.15) is 5.60 Å². The van der Waals surface area contributed by atoms with Crippen LogP contribution < -0.4 is 0 Å². The molecule has 2 heterocycles. The average Bonchev–Trinajstić information content (AvgIpc) is 2.70.